The predicted octanol–water partition coefficient (Wildman–Crippen LogP) is 2.29. The topological polar surface area (TPSA) is 67.8 Å². The highest BCUT2D eigenvalue weighted by Gasteiger charge is 2.41. The molecule has 16 heavy (non-hydrogen) atoms. The van der Waals surface area contributed by atoms with Crippen LogP contribution in [0.2, 0.25) is 0 Å². The minimum atomic E-state index is 0.175. The Morgan fingerprint density at radius 2 is 2.12 bits per heavy atom. The molecule has 2 rings (SSSR count). The fourth-order valence-electron chi connectivity index (χ4n) is 2.93. The molecule has 0 unspecified atom stereocenters. The van der Waals surface area contributed by atoms with Crippen molar-refractivity contribution in [3.63, 3.8) is 0 Å². The van der Waals surface area contributed by atoms with Crippen LogP contribution < -0.4 is 5.73 Å². The van der Waals surface area contributed by atoms with Gasteiger partial charge in [-0.1, -0.05) is 19.0 Å². The van der Waals surface area contributed by atoms with Crippen LogP contribution in [-0.2, 0) is 6.42 Å². The molecule has 3 N–H and O–H groups in total. The summed E-state index contributed by atoms with van der Waals surface area (Å²) in [7, 11) is 0. The second kappa shape index (κ2) is 4.30. The van der Waals surface area contributed by atoms with Crippen molar-refractivity contribution in [3.8, 4) is 0 Å². The van der Waals surface area contributed by atoms with E-state index in [-0.39, 0.29) is 5.41 Å². The molecule has 1 aliphatic carbocycles. The molecular formula is C11H19N3OS. The fourth-order valence-corrected chi connectivity index (χ4v) is 3.08. The van der Waals surface area contributed by atoms with Crippen molar-refractivity contribution in [2.45, 2.75) is 33.1 Å². The van der Waals surface area contributed by atoms with E-state index in [1.54, 1.807) is 0 Å². The molecule has 1 saturated carbocycles. The molecule has 0 radical (unpaired) electrons. The van der Waals surface area contributed by atoms with Crippen molar-refractivity contribution in [2.75, 3.05) is 6.54 Å². The van der Waals surface area contributed by atoms with E-state index in [9.17, 15) is 0 Å². The maximum absolute atomic E-state index is 5.95. The van der Waals surface area contributed by atoms with Gasteiger partial charge in [-0.05, 0) is 48.9 Å². The van der Waals surface area contributed by atoms with Gasteiger partial charge in [0.05, 0.1) is 0 Å². The minimum Gasteiger partial charge on any atom is -0.330 e. The smallest absolute Gasteiger partial charge is 0.294 e. The summed E-state index contributed by atoms with van der Waals surface area (Å²) in [6.45, 7) is 5.30. The number of nitrogens with two attached hydrogens (primary N) is 1. The van der Waals surface area contributed by atoms with Crippen molar-refractivity contribution in [2.24, 2.45) is 23.0 Å². The molecule has 1 aromatic heterocycles. The lowest BCUT2D eigenvalue weighted by atomic mass is 9.81. The molecule has 1 heterocycles. The van der Waals surface area contributed by atoms with E-state index < -0.39 is 0 Å². The van der Waals surface area contributed by atoms with Gasteiger partial charge >= 0.3 is 0 Å². The Bertz CT molecular complexity index is 401. The van der Waals surface area contributed by atoms with Crippen LogP contribution in [0, 0.1) is 22.1 Å². The van der Waals surface area contributed by atoms with Crippen LogP contribution in [-0.4, -0.2) is 16.7 Å². The predicted molar refractivity (Wildman–Crippen MR) is 64.4 cm³/mol. The van der Waals surface area contributed by atoms with Crippen molar-refractivity contribution in [1.82, 2.24) is 10.1 Å². The first-order valence-corrected chi connectivity index (χ1v) is 6.20. The molecule has 0 saturated heterocycles. The first kappa shape index (κ1) is 11.8. The summed E-state index contributed by atoms with van der Waals surface area (Å²) in [5.41, 5.74) is 6.12. The van der Waals surface area contributed by atoms with Gasteiger partial charge in [0.1, 0.15) is 0 Å². The van der Waals surface area contributed by atoms with Crippen LogP contribution in [0.1, 0.15) is 32.5 Å². The lowest BCUT2D eigenvalue weighted by molar-refractivity contribution is 0.279. The number of H-pyrrole nitrogens is 1. The van der Waals surface area contributed by atoms with Gasteiger partial charge in [-0.2, -0.15) is 0 Å². The zero-order valence-electron chi connectivity index (χ0n) is 9.82. The van der Waals surface area contributed by atoms with Gasteiger partial charge in [0, 0.05) is 6.42 Å². The summed E-state index contributed by atoms with van der Waals surface area (Å²) in [6.07, 6.45) is 3.18. The van der Waals surface area contributed by atoms with Gasteiger partial charge in [-0.3, -0.25) is 4.98 Å². The SMILES string of the molecule is C[C@@H]1C[C@](CN)(Cc2noc(=S)[nH]2)C[C@@H]1C. The quantitative estimate of drug-likeness (QED) is 0.797. The van der Waals surface area contributed by atoms with Crippen molar-refractivity contribution < 1.29 is 4.52 Å². The average Bonchev–Trinajstić information content (AvgIpc) is 2.74. The monoisotopic (exact) mass is 241 g/mol. The number of nitrogens with one attached hydrogen (secondary N) is 1. The molecule has 0 spiro atoms. The first-order chi connectivity index (χ1) is 7.54. The van der Waals surface area contributed by atoms with E-state index in [1.807, 2.05) is 0 Å². The van der Waals surface area contributed by atoms with Crippen LogP contribution in [0.5, 0.6) is 0 Å². The second-order valence-electron chi connectivity index (χ2n) is 5.29. The summed E-state index contributed by atoms with van der Waals surface area (Å²) in [4.78, 5) is 3.32. The molecule has 4 nitrogen and oxygen atoms in total. The second-order valence-corrected chi connectivity index (χ2v) is 5.66. The van der Waals surface area contributed by atoms with E-state index in [1.165, 1.54) is 0 Å². The molecule has 90 valence electrons. The Balaban J connectivity index is 2.14. The molecule has 1 aromatic rings. The third kappa shape index (κ3) is 2.20. The van der Waals surface area contributed by atoms with E-state index in [0.717, 1.165) is 36.9 Å². The largest absolute Gasteiger partial charge is 0.330 e. The average molecular weight is 241 g/mol. The van der Waals surface area contributed by atoms with E-state index in [2.05, 4.69) is 24.0 Å². The number of aromatic amines is 1. The highest BCUT2D eigenvalue weighted by molar-refractivity contribution is 7.71. The molecule has 0 aromatic carbocycles. The third-order valence-corrected chi connectivity index (χ3v) is 4.12. The van der Waals surface area contributed by atoms with Crippen LogP contribution >= 0.6 is 12.2 Å². The van der Waals surface area contributed by atoms with Crippen LogP contribution in [0.3, 0.4) is 0 Å². The van der Waals surface area contributed by atoms with Gasteiger partial charge in [0.25, 0.3) is 4.84 Å². The molecule has 0 aliphatic heterocycles. The van der Waals surface area contributed by atoms with E-state index >= 15 is 0 Å². The Hall–Kier alpha value is -0.680. The Morgan fingerprint density at radius 3 is 2.56 bits per heavy atom. The van der Waals surface area contributed by atoms with Gasteiger partial charge in [-0.15, -0.1) is 0 Å². The van der Waals surface area contributed by atoms with Crippen LogP contribution in [0.15, 0.2) is 4.52 Å². The van der Waals surface area contributed by atoms with Crippen LogP contribution in [0.4, 0.5) is 0 Å². The van der Waals surface area contributed by atoms with Crippen molar-refractivity contribution in [1.29, 1.82) is 0 Å². The zero-order valence-corrected chi connectivity index (χ0v) is 10.6. The molecule has 1 fully saturated rings. The summed E-state index contributed by atoms with van der Waals surface area (Å²) < 4.78 is 4.89. The first-order valence-electron chi connectivity index (χ1n) is 5.79. The molecule has 3 atom stereocenters. The maximum atomic E-state index is 5.95. The summed E-state index contributed by atoms with van der Waals surface area (Å²) >= 11 is 4.88. The number of aromatic nitrogens is 2. The lowest BCUT2D eigenvalue weighted by Gasteiger charge is -2.26. The Morgan fingerprint density at radius 1 is 1.50 bits per heavy atom. The summed E-state index contributed by atoms with van der Waals surface area (Å²) in [5.74, 6) is 2.30. The zero-order chi connectivity index (χ0) is 11.8. The number of rotatable bonds is 3. The molecule has 0 amide bonds. The van der Waals surface area contributed by atoms with Crippen molar-refractivity contribution in [3.05, 3.63) is 10.7 Å². The van der Waals surface area contributed by atoms with Crippen LogP contribution in [0.25, 0.3) is 0 Å². The Kier molecular flexibility index (Phi) is 3.17. The molecule has 0 bridgehead atoms. The van der Waals surface area contributed by atoms with E-state index in [0.29, 0.717) is 11.4 Å². The van der Waals surface area contributed by atoms with Crippen molar-refractivity contribution >= 4 is 12.2 Å². The molecular weight excluding hydrogens is 222 g/mol. The standard InChI is InChI=1S/C11H19N3OS/c1-7-3-11(6-12,4-8(7)2)5-9-13-10(16)15-14-9/h7-8H,3-6,12H2,1-2H3,(H,13,14,16)/t7-,8+,11-. The van der Waals surface area contributed by atoms with Gasteiger partial charge in [0.2, 0.25) is 0 Å². The van der Waals surface area contributed by atoms with Gasteiger partial charge < -0.3 is 10.3 Å². The maximum Gasteiger partial charge on any atom is 0.294 e. The molecule has 5 heteroatoms. The molecule has 1 aliphatic rings. The fraction of sp³-hybridized carbons (Fsp3) is 0.818. The lowest BCUT2D eigenvalue weighted by Crippen LogP contribution is -2.30. The highest BCUT2D eigenvalue weighted by atomic mass is 32.1. The summed E-state index contributed by atoms with van der Waals surface area (Å²) in [5, 5.41) is 3.93. The normalized spacial score (nSPS) is 34.4. The van der Waals surface area contributed by atoms with Gasteiger partial charge in [0.15, 0.2) is 5.82 Å². The summed E-state index contributed by atoms with van der Waals surface area (Å²) in [6, 6.07) is 0. The third-order valence-electron chi connectivity index (χ3n) is 3.94. The number of hydrogen-bond donors (Lipinski definition) is 2. The number of hydrogen-bond acceptors (Lipinski definition) is 4. The number of nitrogens with zero attached hydrogens (tertiary/aromatic N) is 1. The van der Waals surface area contributed by atoms with E-state index in [4.69, 9.17) is 22.5 Å². The Labute approximate surface area is 101 Å². The van der Waals surface area contributed by atoms with Gasteiger partial charge in [-0.25, -0.2) is 0 Å². The minimum absolute atomic E-state index is 0.175. The highest BCUT2D eigenvalue weighted by Crippen LogP contribution is 2.46.